The Morgan fingerprint density at radius 2 is 1.11 bits per heavy atom. The molecule has 0 aromatic rings. The molecule has 1 unspecified atom stereocenters. The highest BCUT2D eigenvalue weighted by molar-refractivity contribution is 4.65. The molecule has 0 radical (unpaired) electrons. The Balaban J connectivity index is 3.36. The summed E-state index contributed by atoms with van der Waals surface area (Å²) in [5.74, 6) is 1.01. The third-order valence-electron chi connectivity index (χ3n) is 6.39. The van der Waals surface area contributed by atoms with Crippen molar-refractivity contribution >= 4 is 0 Å². The van der Waals surface area contributed by atoms with E-state index >= 15 is 0 Å². The molecule has 0 spiro atoms. The van der Waals surface area contributed by atoms with E-state index in [-0.39, 0.29) is 0 Å². The molecule has 1 heteroatoms. The van der Waals surface area contributed by atoms with Crippen LogP contribution in [0.1, 0.15) is 136 Å². The maximum atomic E-state index is 3.80. The number of nitrogens with zero attached hydrogens (tertiary/aromatic N) is 1. The Bertz CT molecular complexity index is 299. The molecule has 0 heterocycles. The number of hydrogen-bond donors (Lipinski definition) is 0. The minimum atomic E-state index is 1.01. The Labute approximate surface area is 179 Å². The van der Waals surface area contributed by atoms with Crippen LogP contribution in [0, 0.1) is 5.92 Å². The van der Waals surface area contributed by atoms with Gasteiger partial charge in [-0.3, -0.25) is 0 Å². The van der Waals surface area contributed by atoms with E-state index in [0.717, 1.165) is 5.92 Å². The summed E-state index contributed by atoms with van der Waals surface area (Å²) in [5.41, 5.74) is 0. The maximum Gasteiger partial charge on any atom is -0.00218 e. The van der Waals surface area contributed by atoms with Crippen molar-refractivity contribution in [2.45, 2.75) is 136 Å². The number of rotatable bonds is 23. The quantitative estimate of drug-likeness (QED) is 0.123. The molecule has 0 N–H and O–H groups in total. The standard InChI is InChI=1S/C27H55N/c1-5-8-10-12-15-19-23-27(7-3)24-20-16-13-14-18-22-26-28(4)25-21-17-11-9-6-2/h6,27H,2,5,7-26H2,1,3-4H3. The van der Waals surface area contributed by atoms with Crippen molar-refractivity contribution in [3.63, 3.8) is 0 Å². The lowest BCUT2D eigenvalue weighted by Crippen LogP contribution is -2.20. The van der Waals surface area contributed by atoms with E-state index < -0.39 is 0 Å². The first-order valence-corrected chi connectivity index (χ1v) is 13.0. The highest BCUT2D eigenvalue weighted by Crippen LogP contribution is 2.21. The molecule has 0 saturated heterocycles. The lowest BCUT2D eigenvalue weighted by atomic mass is 9.92. The molecule has 0 aromatic heterocycles. The van der Waals surface area contributed by atoms with E-state index in [1.165, 1.54) is 135 Å². The Morgan fingerprint density at radius 1 is 0.643 bits per heavy atom. The Kier molecular flexibility index (Phi) is 22.7. The van der Waals surface area contributed by atoms with Gasteiger partial charge in [0.05, 0.1) is 0 Å². The van der Waals surface area contributed by atoms with E-state index in [1.54, 1.807) is 0 Å². The molecular weight excluding hydrogens is 338 g/mol. The van der Waals surface area contributed by atoms with Gasteiger partial charge in [-0.2, -0.15) is 0 Å². The van der Waals surface area contributed by atoms with Crippen molar-refractivity contribution in [1.29, 1.82) is 0 Å². The SMILES string of the molecule is C=CCCCCCN(C)CCCCCCCCC(CC)CCCCCCCC. The minimum absolute atomic E-state index is 1.01. The fourth-order valence-corrected chi connectivity index (χ4v) is 4.25. The van der Waals surface area contributed by atoms with E-state index in [9.17, 15) is 0 Å². The molecule has 0 aromatic carbocycles. The molecular formula is C27H55N. The summed E-state index contributed by atoms with van der Waals surface area (Å²) in [6, 6.07) is 0. The molecule has 0 rings (SSSR count). The van der Waals surface area contributed by atoms with Gasteiger partial charge in [0, 0.05) is 0 Å². The molecule has 0 bridgehead atoms. The van der Waals surface area contributed by atoms with E-state index in [2.05, 4.69) is 32.4 Å². The molecule has 0 aliphatic rings. The second-order valence-electron chi connectivity index (χ2n) is 9.18. The van der Waals surface area contributed by atoms with Gasteiger partial charge in [0.2, 0.25) is 0 Å². The van der Waals surface area contributed by atoms with Crippen LogP contribution in [0.15, 0.2) is 12.7 Å². The molecule has 0 aliphatic heterocycles. The highest BCUT2D eigenvalue weighted by atomic mass is 15.1. The zero-order valence-corrected chi connectivity index (χ0v) is 20.2. The summed E-state index contributed by atoms with van der Waals surface area (Å²) >= 11 is 0. The minimum Gasteiger partial charge on any atom is -0.306 e. The van der Waals surface area contributed by atoms with Crippen molar-refractivity contribution in [1.82, 2.24) is 4.90 Å². The second kappa shape index (κ2) is 23.0. The van der Waals surface area contributed by atoms with Crippen LogP contribution < -0.4 is 0 Å². The van der Waals surface area contributed by atoms with Gasteiger partial charge in [-0.15, -0.1) is 6.58 Å². The molecule has 1 atom stereocenters. The highest BCUT2D eigenvalue weighted by Gasteiger charge is 2.06. The molecule has 28 heavy (non-hydrogen) atoms. The normalized spacial score (nSPS) is 12.6. The smallest absolute Gasteiger partial charge is 0.00218 e. The maximum absolute atomic E-state index is 3.80. The van der Waals surface area contributed by atoms with Crippen molar-refractivity contribution in [2.75, 3.05) is 20.1 Å². The summed E-state index contributed by atoms with van der Waals surface area (Å²) in [6.07, 6.45) is 28.9. The average Bonchev–Trinajstić information content (AvgIpc) is 2.70. The summed E-state index contributed by atoms with van der Waals surface area (Å²) in [7, 11) is 2.29. The predicted octanol–water partition coefficient (Wildman–Crippen LogP) is 9.17. The monoisotopic (exact) mass is 393 g/mol. The van der Waals surface area contributed by atoms with Gasteiger partial charge >= 0.3 is 0 Å². The molecule has 1 nitrogen and oxygen atoms in total. The van der Waals surface area contributed by atoms with Gasteiger partial charge < -0.3 is 4.90 Å². The van der Waals surface area contributed by atoms with Crippen LogP contribution in [0.5, 0.6) is 0 Å². The fraction of sp³-hybridized carbons (Fsp3) is 0.926. The van der Waals surface area contributed by atoms with E-state index in [0.29, 0.717) is 0 Å². The summed E-state index contributed by atoms with van der Waals surface area (Å²) < 4.78 is 0. The van der Waals surface area contributed by atoms with Gasteiger partial charge in [0.15, 0.2) is 0 Å². The zero-order chi connectivity index (χ0) is 20.7. The zero-order valence-electron chi connectivity index (χ0n) is 20.2. The average molecular weight is 394 g/mol. The molecule has 0 amide bonds. The van der Waals surface area contributed by atoms with Crippen molar-refractivity contribution < 1.29 is 0 Å². The first kappa shape index (κ1) is 27.7. The van der Waals surface area contributed by atoms with Crippen LogP contribution >= 0.6 is 0 Å². The number of unbranched alkanes of at least 4 members (excludes halogenated alkanes) is 13. The van der Waals surface area contributed by atoms with Crippen LogP contribution in [0.3, 0.4) is 0 Å². The second-order valence-corrected chi connectivity index (χ2v) is 9.18. The topological polar surface area (TPSA) is 3.24 Å². The molecule has 168 valence electrons. The summed E-state index contributed by atoms with van der Waals surface area (Å²) in [4.78, 5) is 2.53. The Hall–Kier alpha value is -0.300. The largest absolute Gasteiger partial charge is 0.306 e. The first-order chi connectivity index (χ1) is 13.7. The van der Waals surface area contributed by atoms with E-state index in [1.807, 2.05) is 6.08 Å². The fourth-order valence-electron chi connectivity index (χ4n) is 4.25. The predicted molar refractivity (Wildman–Crippen MR) is 130 cm³/mol. The number of hydrogen-bond acceptors (Lipinski definition) is 1. The van der Waals surface area contributed by atoms with Crippen LogP contribution in [-0.2, 0) is 0 Å². The van der Waals surface area contributed by atoms with Crippen LogP contribution in [0.2, 0.25) is 0 Å². The summed E-state index contributed by atoms with van der Waals surface area (Å²) in [5, 5.41) is 0. The lowest BCUT2D eigenvalue weighted by molar-refractivity contribution is 0.314. The summed E-state index contributed by atoms with van der Waals surface area (Å²) in [6.45, 7) is 11.1. The van der Waals surface area contributed by atoms with Gasteiger partial charge in [-0.05, 0) is 51.7 Å². The Morgan fingerprint density at radius 3 is 1.61 bits per heavy atom. The van der Waals surface area contributed by atoms with Crippen molar-refractivity contribution in [3.05, 3.63) is 12.7 Å². The van der Waals surface area contributed by atoms with Crippen molar-refractivity contribution in [3.8, 4) is 0 Å². The van der Waals surface area contributed by atoms with Gasteiger partial charge in [0.1, 0.15) is 0 Å². The third-order valence-corrected chi connectivity index (χ3v) is 6.39. The molecule has 0 aliphatic carbocycles. The van der Waals surface area contributed by atoms with Gasteiger partial charge in [-0.25, -0.2) is 0 Å². The number of allylic oxidation sites excluding steroid dienone is 1. The molecule has 0 saturated carbocycles. The van der Waals surface area contributed by atoms with Gasteiger partial charge in [0.25, 0.3) is 0 Å². The third kappa shape index (κ3) is 20.4. The van der Waals surface area contributed by atoms with Crippen LogP contribution in [0.25, 0.3) is 0 Å². The van der Waals surface area contributed by atoms with Gasteiger partial charge in [-0.1, -0.05) is 116 Å². The first-order valence-electron chi connectivity index (χ1n) is 13.0. The van der Waals surface area contributed by atoms with E-state index in [4.69, 9.17) is 0 Å². The van der Waals surface area contributed by atoms with Crippen molar-refractivity contribution in [2.24, 2.45) is 5.92 Å². The van der Waals surface area contributed by atoms with Crippen LogP contribution in [0.4, 0.5) is 0 Å². The lowest BCUT2D eigenvalue weighted by Gasteiger charge is -2.16. The van der Waals surface area contributed by atoms with Crippen LogP contribution in [-0.4, -0.2) is 25.0 Å². The molecule has 0 fully saturated rings.